The van der Waals surface area contributed by atoms with Crippen LogP contribution in [-0.2, 0) is 19.4 Å². The van der Waals surface area contributed by atoms with Gasteiger partial charge in [0.1, 0.15) is 5.82 Å². The number of hydrogen-bond donors (Lipinski definition) is 1. The predicted molar refractivity (Wildman–Crippen MR) is 60.2 cm³/mol. The molecule has 0 amide bonds. The number of anilines is 1. The van der Waals surface area contributed by atoms with E-state index in [4.69, 9.17) is 4.98 Å². The number of rotatable bonds is 0. The van der Waals surface area contributed by atoms with Crippen LogP contribution in [0, 0.1) is 0 Å². The normalized spacial score (nSPS) is 17.9. The second-order valence-corrected chi connectivity index (χ2v) is 4.43. The molecule has 3 nitrogen and oxygen atoms in total. The van der Waals surface area contributed by atoms with Gasteiger partial charge >= 0.3 is 0 Å². The number of hydrogen-bond acceptors (Lipinski definition) is 2. The third-order valence-electron chi connectivity index (χ3n) is 3.55. The molecule has 0 aliphatic carbocycles. The van der Waals surface area contributed by atoms with E-state index in [0.29, 0.717) is 0 Å². The number of aryl methyl sites for hydroxylation is 2. The van der Waals surface area contributed by atoms with Gasteiger partial charge in [-0.25, -0.2) is 4.98 Å². The van der Waals surface area contributed by atoms with Crippen LogP contribution in [0.4, 0.5) is 5.69 Å². The summed E-state index contributed by atoms with van der Waals surface area (Å²) in [6.45, 7) is 2.22. The van der Waals surface area contributed by atoms with Gasteiger partial charge in [-0.05, 0) is 24.5 Å². The van der Waals surface area contributed by atoms with Crippen molar-refractivity contribution in [2.24, 2.45) is 0 Å². The van der Waals surface area contributed by atoms with Gasteiger partial charge in [-0.15, -0.1) is 0 Å². The molecule has 4 rings (SSSR count). The predicted octanol–water partition coefficient (Wildman–Crippen LogP) is 1.95. The first-order valence-electron chi connectivity index (χ1n) is 5.68. The van der Waals surface area contributed by atoms with Gasteiger partial charge in [-0.2, -0.15) is 0 Å². The second-order valence-electron chi connectivity index (χ2n) is 4.43. The summed E-state index contributed by atoms with van der Waals surface area (Å²) in [5.41, 5.74) is 5.31. The van der Waals surface area contributed by atoms with Crippen molar-refractivity contribution < 1.29 is 0 Å². The summed E-state index contributed by atoms with van der Waals surface area (Å²) in [5.74, 6) is 1.27. The highest BCUT2D eigenvalue weighted by atomic mass is 15.1. The Kier molecular flexibility index (Phi) is 1.31. The molecule has 3 heterocycles. The van der Waals surface area contributed by atoms with Gasteiger partial charge in [0, 0.05) is 19.5 Å². The highest BCUT2D eigenvalue weighted by molar-refractivity contribution is 5.92. The van der Waals surface area contributed by atoms with Gasteiger partial charge in [0.05, 0.1) is 16.7 Å². The lowest BCUT2D eigenvalue weighted by atomic mass is 10.1. The molecule has 1 aromatic heterocycles. The number of fused-ring (bicyclic) bond motifs is 5. The standard InChI is InChI=1S/C12H13N3/c1-2-10-14-9-4-3-8-5-6-13-11(8)12(9)15(10)7-1/h3-4,13H,1-2,5-7H2. The fraction of sp³-hybridized carbons (Fsp3) is 0.417. The number of nitrogens with one attached hydrogen (secondary N) is 1. The molecular weight excluding hydrogens is 186 g/mol. The Morgan fingerprint density at radius 3 is 3.27 bits per heavy atom. The fourth-order valence-corrected chi connectivity index (χ4v) is 2.87. The van der Waals surface area contributed by atoms with Crippen molar-refractivity contribution in [2.75, 3.05) is 11.9 Å². The molecule has 2 aliphatic heterocycles. The van der Waals surface area contributed by atoms with Gasteiger partial charge in [0.15, 0.2) is 0 Å². The maximum Gasteiger partial charge on any atom is 0.109 e. The minimum absolute atomic E-state index is 1.08. The molecule has 1 N–H and O–H groups in total. The molecule has 0 saturated carbocycles. The van der Waals surface area contributed by atoms with Crippen molar-refractivity contribution in [3.63, 3.8) is 0 Å². The Bertz CT molecular complexity index is 553. The molecular formula is C12H13N3. The summed E-state index contributed by atoms with van der Waals surface area (Å²) < 4.78 is 2.40. The smallest absolute Gasteiger partial charge is 0.109 e. The molecule has 1 aromatic carbocycles. The Morgan fingerprint density at radius 2 is 2.27 bits per heavy atom. The largest absolute Gasteiger partial charge is 0.383 e. The van der Waals surface area contributed by atoms with Gasteiger partial charge < -0.3 is 9.88 Å². The molecule has 0 unspecified atom stereocenters. The minimum Gasteiger partial charge on any atom is -0.383 e. The van der Waals surface area contributed by atoms with E-state index in [-0.39, 0.29) is 0 Å². The Hall–Kier alpha value is -1.51. The fourth-order valence-electron chi connectivity index (χ4n) is 2.87. The van der Waals surface area contributed by atoms with E-state index < -0.39 is 0 Å². The van der Waals surface area contributed by atoms with Crippen molar-refractivity contribution in [1.29, 1.82) is 0 Å². The van der Waals surface area contributed by atoms with Gasteiger partial charge in [-0.3, -0.25) is 0 Å². The topological polar surface area (TPSA) is 29.9 Å². The third-order valence-corrected chi connectivity index (χ3v) is 3.55. The molecule has 15 heavy (non-hydrogen) atoms. The van der Waals surface area contributed by atoms with E-state index in [9.17, 15) is 0 Å². The van der Waals surface area contributed by atoms with Crippen LogP contribution in [0.1, 0.15) is 17.8 Å². The monoisotopic (exact) mass is 199 g/mol. The molecule has 2 aliphatic rings. The van der Waals surface area contributed by atoms with Crippen molar-refractivity contribution >= 4 is 16.7 Å². The SMILES string of the molecule is c1cc2nc3n(c2c2c1CCN2)CCC3. The van der Waals surface area contributed by atoms with E-state index >= 15 is 0 Å². The van der Waals surface area contributed by atoms with Crippen LogP contribution in [0.5, 0.6) is 0 Å². The molecule has 0 fully saturated rings. The van der Waals surface area contributed by atoms with Gasteiger partial charge in [0.2, 0.25) is 0 Å². The highest BCUT2D eigenvalue weighted by Crippen LogP contribution is 2.34. The van der Waals surface area contributed by atoms with Crippen LogP contribution in [-0.4, -0.2) is 16.1 Å². The van der Waals surface area contributed by atoms with E-state index in [1.54, 1.807) is 0 Å². The van der Waals surface area contributed by atoms with Crippen molar-refractivity contribution in [1.82, 2.24) is 9.55 Å². The summed E-state index contributed by atoms with van der Waals surface area (Å²) in [6, 6.07) is 4.40. The van der Waals surface area contributed by atoms with Crippen molar-refractivity contribution in [3.8, 4) is 0 Å². The molecule has 0 spiro atoms. The Morgan fingerprint density at radius 1 is 1.27 bits per heavy atom. The second kappa shape index (κ2) is 2.54. The van der Waals surface area contributed by atoms with Gasteiger partial charge in [0.25, 0.3) is 0 Å². The maximum atomic E-state index is 4.69. The van der Waals surface area contributed by atoms with Crippen LogP contribution < -0.4 is 5.32 Å². The average Bonchev–Trinajstić information content (AvgIpc) is 2.89. The summed E-state index contributed by atoms with van der Waals surface area (Å²) in [4.78, 5) is 4.69. The minimum atomic E-state index is 1.08. The quantitative estimate of drug-likeness (QED) is 0.702. The molecule has 0 saturated heterocycles. The van der Waals surface area contributed by atoms with Crippen LogP contribution in [0.15, 0.2) is 12.1 Å². The zero-order valence-electron chi connectivity index (χ0n) is 8.58. The zero-order valence-corrected chi connectivity index (χ0v) is 8.58. The van der Waals surface area contributed by atoms with Crippen LogP contribution in [0.3, 0.4) is 0 Å². The van der Waals surface area contributed by atoms with Crippen LogP contribution >= 0.6 is 0 Å². The van der Waals surface area contributed by atoms with Crippen LogP contribution in [0.25, 0.3) is 11.0 Å². The summed E-state index contributed by atoms with van der Waals surface area (Å²) >= 11 is 0. The number of aromatic nitrogens is 2. The third kappa shape index (κ3) is 0.881. The lowest BCUT2D eigenvalue weighted by Crippen LogP contribution is -1.96. The first kappa shape index (κ1) is 7.74. The number of imidazole rings is 1. The summed E-state index contributed by atoms with van der Waals surface area (Å²) in [7, 11) is 0. The summed E-state index contributed by atoms with van der Waals surface area (Å²) in [6.07, 6.45) is 3.55. The average molecular weight is 199 g/mol. The maximum absolute atomic E-state index is 4.69. The highest BCUT2D eigenvalue weighted by Gasteiger charge is 2.21. The van der Waals surface area contributed by atoms with Crippen molar-refractivity contribution in [3.05, 3.63) is 23.5 Å². The lowest BCUT2D eigenvalue weighted by molar-refractivity contribution is 0.772. The first-order chi connectivity index (χ1) is 7.43. The Labute approximate surface area is 88.1 Å². The van der Waals surface area contributed by atoms with Gasteiger partial charge in [-0.1, -0.05) is 6.07 Å². The van der Waals surface area contributed by atoms with E-state index in [1.165, 1.54) is 29.0 Å². The molecule has 0 bridgehead atoms. The molecule has 3 heteroatoms. The summed E-state index contributed by atoms with van der Waals surface area (Å²) in [5, 5.41) is 3.50. The first-order valence-corrected chi connectivity index (χ1v) is 5.68. The van der Waals surface area contributed by atoms with E-state index in [0.717, 1.165) is 31.4 Å². The van der Waals surface area contributed by atoms with Crippen LogP contribution in [0.2, 0.25) is 0 Å². The number of benzene rings is 1. The van der Waals surface area contributed by atoms with E-state index in [2.05, 4.69) is 22.0 Å². The Balaban J connectivity index is 2.15. The van der Waals surface area contributed by atoms with Crippen molar-refractivity contribution in [2.45, 2.75) is 25.8 Å². The molecule has 2 aromatic rings. The number of nitrogens with zero attached hydrogens (tertiary/aromatic N) is 2. The van der Waals surface area contributed by atoms with E-state index in [1.807, 2.05) is 0 Å². The molecule has 0 atom stereocenters. The zero-order chi connectivity index (χ0) is 9.83. The molecule has 76 valence electrons. The lowest BCUT2D eigenvalue weighted by Gasteiger charge is -2.05. The molecule has 0 radical (unpaired) electrons.